The molecular weight excluding hydrogens is 322 g/mol. The van der Waals surface area contributed by atoms with Gasteiger partial charge in [-0.05, 0) is 31.0 Å². The summed E-state index contributed by atoms with van der Waals surface area (Å²) in [6.07, 6.45) is 0.836. The second-order valence-corrected chi connectivity index (χ2v) is 8.03. The Morgan fingerprint density at radius 3 is 2.38 bits per heavy atom. The Kier molecular flexibility index (Phi) is 5.04. The number of ether oxygens (including phenoxy) is 1. The lowest BCUT2D eigenvalue weighted by molar-refractivity contribution is 0.0688. The smallest absolute Gasteiger partial charge is 0.245 e. The number of sulfonamides is 1. The fraction of sp³-hybridized carbons (Fsp3) is 0.368. The van der Waals surface area contributed by atoms with Crippen LogP contribution in [0.2, 0.25) is 0 Å². The summed E-state index contributed by atoms with van der Waals surface area (Å²) >= 11 is 0. The van der Waals surface area contributed by atoms with Crippen molar-refractivity contribution in [2.45, 2.75) is 43.9 Å². The number of hydrogen-bond acceptors (Lipinski definition) is 3. The normalized spacial score (nSPS) is 21.9. The first-order chi connectivity index (χ1) is 11.5. The maximum absolute atomic E-state index is 13.2. The van der Waals surface area contributed by atoms with Crippen LogP contribution in [0.5, 0.6) is 0 Å². The molecule has 2 atom stereocenters. The molecule has 0 aromatic heterocycles. The third kappa shape index (κ3) is 3.38. The molecule has 0 spiro atoms. The lowest BCUT2D eigenvalue weighted by Gasteiger charge is -2.27. The number of hydrogen-bond donors (Lipinski definition) is 0. The molecule has 0 N–H and O–H groups in total. The van der Waals surface area contributed by atoms with Crippen LogP contribution in [0, 0.1) is 6.92 Å². The molecule has 1 aliphatic heterocycles. The van der Waals surface area contributed by atoms with Crippen LogP contribution in [0.25, 0.3) is 0 Å². The van der Waals surface area contributed by atoms with Gasteiger partial charge in [0.05, 0.1) is 17.5 Å². The van der Waals surface area contributed by atoms with E-state index in [-0.39, 0.29) is 6.04 Å². The van der Waals surface area contributed by atoms with E-state index >= 15 is 0 Å². The zero-order valence-electron chi connectivity index (χ0n) is 14.1. The summed E-state index contributed by atoms with van der Waals surface area (Å²) < 4.78 is 33.7. The molecule has 0 amide bonds. The van der Waals surface area contributed by atoms with Gasteiger partial charge in [0.15, 0.2) is 0 Å². The van der Waals surface area contributed by atoms with Crippen molar-refractivity contribution in [2.75, 3.05) is 6.61 Å². The molecule has 0 saturated carbocycles. The summed E-state index contributed by atoms with van der Waals surface area (Å²) in [5.41, 5.74) is 2.11. The van der Waals surface area contributed by atoms with Gasteiger partial charge in [0.25, 0.3) is 0 Å². The lowest BCUT2D eigenvalue weighted by Crippen LogP contribution is -2.42. The predicted octanol–water partition coefficient (Wildman–Crippen LogP) is 3.36. The highest BCUT2D eigenvalue weighted by Gasteiger charge is 2.42. The Hall–Kier alpha value is -1.69. The van der Waals surface area contributed by atoms with Gasteiger partial charge in [-0.3, -0.25) is 0 Å². The molecule has 3 rings (SSSR count). The Balaban J connectivity index is 1.92. The fourth-order valence-corrected chi connectivity index (χ4v) is 4.82. The van der Waals surface area contributed by atoms with Gasteiger partial charge in [-0.15, -0.1) is 0 Å². The Morgan fingerprint density at radius 1 is 1.08 bits per heavy atom. The highest BCUT2D eigenvalue weighted by atomic mass is 32.2. The Bertz CT molecular complexity index is 772. The molecule has 1 fully saturated rings. The minimum atomic E-state index is -3.58. The second-order valence-electron chi connectivity index (χ2n) is 6.19. The number of benzene rings is 2. The highest BCUT2D eigenvalue weighted by Crippen LogP contribution is 2.30. The topological polar surface area (TPSA) is 46.6 Å². The van der Waals surface area contributed by atoms with Crippen molar-refractivity contribution in [1.29, 1.82) is 0 Å². The van der Waals surface area contributed by atoms with Crippen molar-refractivity contribution in [1.82, 2.24) is 4.31 Å². The summed E-state index contributed by atoms with van der Waals surface area (Å²) in [7, 11) is -3.58. The van der Waals surface area contributed by atoms with Crippen molar-refractivity contribution >= 4 is 10.0 Å². The quantitative estimate of drug-likeness (QED) is 0.835. The highest BCUT2D eigenvalue weighted by molar-refractivity contribution is 7.89. The van der Waals surface area contributed by atoms with Crippen LogP contribution in [0.3, 0.4) is 0 Å². The minimum absolute atomic E-state index is 0.120. The monoisotopic (exact) mass is 345 g/mol. The first-order valence-electron chi connectivity index (χ1n) is 8.28. The van der Waals surface area contributed by atoms with Crippen molar-refractivity contribution in [3.63, 3.8) is 0 Å². The fourth-order valence-electron chi connectivity index (χ4n) is 3.05. The molecule has 2 aromatic rings. The SMILES string of the molecule is CC[C@@H]1CO[C@H](Cc2ccccc2)N1S(=O)(=O)c1ccc(C)cc1. The van der Waals surface area contributed by atoms with Crippen LogP contribution in [-0.2, 0) is 21.2 Å². The standard InChI is InChI=1S/C19H23NO3S/c1-3-17-14-23-19(13-16-7-5-4-6-8-16)20(17)24(21,22)18-11-9-15(2)10-12-18/h4-12,17,19H,3,13-14H2,1-2H3/t17-,19-/m1/s1. The van der Waals surface area contributed by atoms with Gasteiger partial charge >= 0.3 is 0 Å². The summed E-state index contributed by atoms with van der Waals surface area (Å²) in [5.74, 6) is 0. The van der Waals surface area contributed by atoms with Crippen LogP contribution < -0.4 is 0 Å². The van der Waals surface area contributed by atoms with Crippen molar-refractivity contribution < 1.29 is 13.2 Å². The van der Waals surface area contributed by atoms with Crippen molar-refractivity contribution in [2.24, 2.45) is 0 Å². The molecule has 0 aliphatic carbocycles. The Morgan fingerprint density at radius 2 is 1.75 bits per heavy atom. The van der Waals surface area contributed by atoms with E-state index in [1.807, 2.05) is 56.3 Å². The van der Waals surface area contributed by atoms with Crippen LogP contribution in [0.1, 0.15) is 24.5 Å². The maximum Gasteiger partial charge on any atom is 0.245 e. The summed E-state index contributed by atoms with van der Waals surface area (Å²) in [6.45, 7) is 4.39. The maximum atomic E-state index is 13.2. The molecule has 128 valence electrons. The van der Waals surface area contributed by atoms with Crippen molar-refractivity contribution in [3.05, 3.63) is 65.7 Å². The molecule has 0 unspecified atom stereocenters. The molecule has 1 aliphatic rings. The summed E-state index contributed by atoms with van der Waals surface area (Å²) in [6, 6.07) is 16.8. The molecule has 0 radical (unpaired) electrons. The van der Waals surface area contributed by atoms with E-state index < -0.39 is 16.3 Å². The van der Waals surface area contributed by atoms with Gasteiger partial charge < -0.3 is 4.74 Å². The van der Waals surface area contributed by atoms with Gasteiger partial charge in [-0.1, -0.05) is 55.0 Å². The lowest BCUT2D eigenvalue weighted by atomic mass is 10.1. The average Bonchev–Trinajstić information content (AvgIpc) is 2.99. The first-order valence-corrected chi connectivity index (χ1v) is 9.72. The van der Waals surface area contributed by atoms with Crippen molar-refractivity contribution in [3.8, 4) is 0 Å². The van der Waals surface area contributed by atoms with Crippen LogP contribution in [0.15, 0.2) is 59.5 Å². The Labute approximate surface area is 144 Å². The summed E-state index contributed by atoms with van der Waals surface area (Å²) in [5, 5.41) is 0. The van der Waals surface area contributed by atoms with E-state index in [2.05, 4.69) is 0 Å². The van der Waals surface area contributed by atoms with E-state index in [0.717, 1.165) is 17.5 Å². The predicted molar refractivity (Wildman–Crippen MR) is 94.2 cm³/mol. The molecule has 4 nitrogen and oxygen atoms in total. The zero-order valence-corrected chi connectivity index (χ0v) is 14.9. The van der Waals surface area contributed by atoms with E-state index in [4.69, 9.17) is 4.74 Å². The third-order valence-corrected chi connectivity index (χ3v) is 6.40. The van der Waals surface area contributed by atoms with Crippen LogP contribution in [-0.4, -0.2) is 31.6 Å². The molecule has 5 heteroatoms. The van der Waals surface area contributed by atoms with E-state index in [1.54, 1.807) is 16.4 Å². The van der Waals surface area contributed by atoms with Gasteiger partial charge in [0, 0.05) is 6.42 Å². The van der Waals surface area contributed by atoms with Gasteiger partial charge in [-0.25, -0.2) is 8.42 Å². The number of aryl methyl sites for hydroxylation is 1. The molecule has 2 aromatic carbocycles. The molecule has 0 bridgehead atoms. The minimum Gasteiger partial charge on any atom is -0.360 e. The third-order valence-electron chi connectivity index (χ3n) is 4.45. The summed E-state index contributed by atoms with van der Waals surface area (Å²) in [4.78, 5) is 0.329. The number of nitrogens with zero attached hydrogens (tertiary/aromatic N) is 1. The van der Waals surface area contributed by atoms with Gasteiger partial charge in [-0.2, -0.15) is 4.31 Å². The molecular formula is C19H23NO3S. The molecule has 24 heavy (non-hydrogen) atoms. The van der Waals surface area contributed by atoms with Gasteiger partial charge in [0.2, 0.25) is 10.0 Å². The molecule has 1 heterocycles. The van der Waals surface area contributed by atoms with E-state index in [1.165, 1.54) is 0 Å². The number of rotatable bonds is 5. The van der Waals surface area contributed by atoms with Crippen LogP contribution >= 0.6 is 0 Å². The molecule has 1 saturated heterocycles. The first kappa shape index (κ1) is 17.1. The van der Waals surface area contributed by atoms with E-state index in [0.29, 0.717) is 17.9 Å². The zero-order chi connectivity index (χ0) is 17.2. The van der Waals surface area contributed by atoms with E-state index in [9.17, 15) is 8.42 Å². The van der Waals surface area contributed by atoms with Crippen LogP contribution in [0.4, 0.5) is 0 Å². The second kappa shape index (κ2) is 7.05. The average molecular weight is 345 g/mol. The van der Waals surface area contributed by atoms with Gasteiger partial charge in [0.1, 0.15) is 6.23 Å². The largest absolute Gasteiger partial charge is 0.360 e.